The molecule has 0 bridgehead atoms. The topological polar surface area (TPSA) is 131 Å². The summed E-state index contributed by atoms with van der Waals surface area (Å²) in [6, 6.07) is 0. The molecule has 0 aliphatic carbocycles. The first-order chi connectivity index (χ1) is 27.4. The van der Waals surface area contributed by atoms with Crippen molar-refractivity contribution in [3.05, 3.63) is 48.6 Å². The Morgan fingerprint density at radius 2 is 1.12 bits per heavy atom. The summed E-state index contributed by atoms with van der Waals surface area (Å²) in [5.74, 6) is -0.921. The van der Waals surface area contributed by atoms with E-state index < -0.39 is 32.5 Å². The van der Waals surface area contributed by atoms with Crippen LogP contribution in [0, 0.1) is 0 Å². The highest BCUT2D eigenvalue weighted by molar-refractivity contribution is 7.45. The third-order valence-electron chi connectivity index (χ3n) is 9.42. The number of carbonyl (C=O) groups excluding carboxylic acids is 2. The van der Waals surface area contributed by atoms with Crippen molar-refractivity contribution in [3.8, 4) is 0 Å². The number of unbranched alkanes of at least 4 members (excludes halogenated alkanes) is 16. The number of nitrogens with zero attached hydrogens (tertiary/aromatic N) is 1. The van der Waals surface area contributed by atoms with Crippen LogP contribution in [0.15, 0.2) is 48.6 Å². The molecule has 0 aliphatic heterocycles. The van der Waals surface area contributed by atoms with Crippen LogP contribution in [0.25, 0.3) is 0 Å². The predicted octanol–water partition coefficient (Wildman–Crippen LogP) is 11.0. The van der Waals surface area contributed by atoms with Crippen molar-refractivity contribution >= 4 is 19.8 Å². The minimum Gasteiger partial charge on any atom is -0.756 e. The largest absolute Gasteiger partial charge is 0.756 e. The molecule has 0 saturated heterocycles. The van der Waals surface area contributed by atoms with E-state index in [-0.39, 0.29) is 32.2 Å². The molecule has 0 aromatic carbocycles. The molecular formula is C46H84NO9P. The number of phosphoric ester groups is 1. The summed E-state index contributed by atoms with van der Waals surface area (Å²) in [4.78, 5) is 37.5. The second-order valence-corrected chi connectivity index (χ2v) is 17.6. The van der Waals surface area contributed by atoms with Gasteiger partial charge in [0.2, 0.25) is 0 Å². The number of hydrogen-bond acceptors (Lipinski definition) is 9. The van der Waals surface area contributed by atoms with Crippen molar-refractivity contribution in [2.24, 2.45) is 0 Å². The highest BCUT2D eigenvalue weighted by Crippen LogP contribution is 2.38. The van der Waals surface area contributed by atoms with Crippen LogP contribution in [-0.2, 0) is 32.7 Å². The van der Waals surface area contributed by atoms with Crippen LogP contribution in [0.1, 0.15) is 174 Å². The Balaban J connectivity index is 4.47. The van der Waals surface area contributed by atoms with E-state index in [0.717, 1.165) is 57.8 Å². The minimum absolute atomic E-state index is 0.0487. The standard InChI is InChI=1S/C46H84NO9P/c1-6-8-10-11-12-13-14-15-16-17-21-24-27-30-33-37-45(49)53-41-44(42-55-57(51,52)54-40-39-47(3,4)5)56-46(50)38-34-31-28-25-22-19-18-20-23-26-29-32-36-43(48)35-9-7-2/h18-19,23,25-26,28,32,36,43-44,48H,6-17,20-22,24,27,29-31,33-35,37-42H2,1-5H3/b19-18-,26-23-,28-25-,36-32-/t43-,44-/m1/s1. The summed E-state index contributed by atoms with van der Waals surface area (Å²) in [5.41, 5.74) is 0. The fourth-order valence-electron chi connectivity index (χ4n) is 5.84. The minimum atomic E-state index is -4.65. The average molecular weight is 826 g/mol. The van der Waals surface area contributed by atoms with Gasteiger partial charge in [-0.3, -0.25) is 14.2 Å². The summed E-state index contributed by atoms with van der Waals surface area (Å²) >= 11 is 0. The lowest BCUT2D eigenvalue weighted by molar-refractivity contribution is -0.870. The second kappa shape index (κ2) is 38.2. The zero-order valence-electron chi connectivity index (χ0n) is 36.9. The van der Waals surface area contributed by atoms with Gasteiger partial charge in [0.05, 0.1) is 33.9 Å². The van der Waals surface area contributed by atoms with Gasteiger partial charge in [0.1, 0.15) is 19.8 Å². The number of allylic oxidation sites excluding steroid dienone is 7. The van der Waals surface area contributed by atoms with Gasteiger partial charge in [0, 0.05) is 12.8 Å². The molecule has 0 spiro atoms. The maximum Gasteiger partial charge on any atom is 0.306 e. The van der Waals surface area contributed by atoms with E-state index in [1.54, 1.807) is 0 Å². The number of carbonyl (C=O) groups is 2. The van der Waals surface area contributed by atoms with Crippen LogP contribution in [-0.4, -0.2) is 81.2 Å². The maximum atomic E-state index is 12.7. The summed E-state index contributed by atoms with van der Waals surface area (Å²) in [6.45, 7) is 3.99. The number of likely N-dealkylation sites (N-methyl/N-ethyl adjacent to an activating group) is 1. The molecule has 0 saturated carbocycles. The first-order valence-electron chi connectivity index (χ1n) is 22.4. The fourth-order valence-corrected chi connectivity index (χ4v) is 6.57. The SMILES string of the molecule is CCCCCCCCCCCCCCCCCC(=O)OC[C@H](COP(=O)([O-])OCC[N+](C)(C)C)OC(=O)CCC/C=C\C/C=C\C/C=C\C/C=C\[C@H](O)CCCC. The predicted molar refractivity (Wildman–Crippen MR) is 233 cm³/mol. The van der Waals surface area contributed by atoms with Crippen LogP contribution in [0.3, 0.4) is 0 Å². The number of phosphoric acid groups is 1. The molecule has 0 aliphatic rings. The Morgan fingerprint density at radius 1 is 0.632 bits per heavy atom. The maximum absolute atomic E-state index is 12.7. The van der Waals surface area contributed by atoms with E-state index in [0.29, 0.717) is 23.9 Å². The molecule has 0 fully saturated rings. The zero-order chi connectivity index (χ0) is 42.3. The number of rotatable bonds is 40. The van der Waals surface area contributed by atoms with Crippen molar-refractivity contribution in [1.29, 1.82) is 0 Å². The van der Waals surface area contributed by atoms with Crippen molar-refractivity contribution in [2.45, 2.75) is 187 Å². The number of aliphatic hydroxyl groups is 1. The molecule has 0 amide bonds. The van der Waals surface area contributed by atoms with E-state index >= 15 is 0 Å². The molecule has 0 radical (unpaired) electrons. The van der Waals surface area contributed by atoms with Gasteiger partial charge in [0.25, 0.3) is 7.82 Å². The van der Waals surface area contributed by atoms with Crippen molar-refractivity contribution in [3.63, 3.8) is 0 Å². The fraction of sp³-hybridized carbons (Fsp3) is 0.783. The van der Waals surface area contributed by atoms with E-state index in [1.165, 1.54) is 77.0 Å². The van der Waals surface area contributed by atoms with Gasteiger partial charge in [-0.1, -0.05) is 165 Å². The third kappa shape index (κ3) is 41.9. The first-order valence-corrected chi connectivity index (χ1v) is 23.9. The quantitative estimate of drug-likeness (QED) is 0.0211. The van der Waals surface area contributed by atoms with Crippen LogP contribution in [0.5, 0.6) is 0 Å². The Morgan fingerprint density at radius 3 is 1.67 bits per heavy atom. The monoisotopic (exact) mass is 826 g/mol. The van der Waals surface area contributed by atoms with Gasteiger partial charge < -0.3 is 33.0 Å². The highest BCUT2D eigenvalue weighted by atomic mass is 31.2. The number of ether oxygens (including phenoxy) is 2. The molecule has 0 aromatic heterocycles. The lowest BCUT2D eigenvalue weighted by Crippen LogP contribution is -2.37. The van der Waals surface area contributed by atoms with Gasteiger partial charge in [-0.15, -0.1) is 0 Å². The summed E-state index contributed by atoms with van der Waals surface area (Å²) in [5, 5.41) is 9.82. The molecule has 3 atom stereocenters. The Labute approximate surface area is 348 Å². The number of hydrogen-bond donors (Lipinski definition) is 1. The molecule has 0 aromatic rings. The van der Waals surface area contributed by atoms with Crippen molar-refractivity contribution < 1.29 is 47.2 Å². The first kappa shape index (κ1) is 54.9. The summed E-state index contributed by atoms with van der Waals surface area (Å²) in [6.07, 6.45) is 40.5. The molecule has 1 N–H and O–H groups in total. The van der Waals surface area contributed by atoms with E-state index in [4.69, 9.17) is 18.5 Å². The second-order valence-electron chi connectivity index (χ2n) is 16.2. The number of aliphatic hydroxyl groups excluding tert-OH is 1. The van der Waals surface area contributed by atoms with Gasteiger partial charge in [0.15, 0.2) is 6.10 Å². The van der Waals surface area contributed by atoms with Crippen molar-refractivity contribution in [1.82, 2.24) is 0 Å². The lowest BCUT2D eigenvalue weighted by Gasteiger charge is -2.28. The van der Waals surface area contributed by atoms with E-state index in [1.807, 2.05) is 45.4 Å². The average Bonchev–Trinajstić information content (AvgIpc) is 3.16. The van der Waals surface area contributed by atoms with E-state index in [9.17, 15) is 24.2 Å². The molecular weight excluding hydrogens is 741 g/mol. The Kier molecular flexibility index (Phi) is 36.8. The number of esters is 2. The van der Waals surface area contributed by atoms with E-state index in [2.05, 4.69) is 38.2 Å². The molecule has 0 rings (SSSR count). The molecule has 11 heteroatoms. The Hall–Kier alpha value is -2.07. The molecule has 0 heterocycles. The van der Waals surface area contributed by atoms with Gasteiger partial charge in [-0.2, -0.15) is 0 Å². The van der Waals surface area contributed by atoms with Crippen LogP contribution >= 0.6 is 7.82 Å². The molecule has 1 unspecified atom stereocenters. The third-order valence-corrected chi connectivity index (χ3v) is 10.4. The smallest absolute Gasteiger partial charge is 0.306 e. The van der Waals surface area contributed by atoms with Crippen LogP contribution < -0.4 is 4.89 Å². The molecule has 10 nitrogen and oxygen atoms in total. The Bertz CT molecular complexity index is 1130. The highest BCUT2D eigenvalue weighted by Gasteiger charge is 2.21. The normalized spacial score (nSPS) is 14.6. The molecule has 332 valence electrons. The van der Waals surface area contributed by atoms with Gasteiger partial charge in [-0.25, -0.2) is 0 Å². The van der Waals surface area contributed by atoms with Gasteiger partial charge >= 0.3 is 11.9 Å². The van der Waals surface area contributed by atoms with Gasteiger partial charge in [-0.05, 0) is 44.9 Å². The zero-order valence-corrected chi connectivity index (χ0v) is 37.8. The van der Waals surface area contributed by atoms with Crippen LogP contribution in [0.2, 0.25) is 0 Å². The number of quaternary nitrogens is 1. The summed E-state index contributed by atoms with van der Waals surface area (Å²) < 4.78 is 33.8. The van der Waals surface area contributed by atoms with Crippen LogP contribution in [0.4, 0.5) is 0 Å². The lowest BCUT2D eigenvalue weighted by atomic mass is 10.0. The molecule has 57 heavy (non-hydrogen) atoms. The van der Waals surface area contributed by atoms with Crippen molar-refractivity contribution in [2.75, 3.05) is 47.5 Å². The summed E-state index contributed by atoms with van der Waals surface area (Å²) in [7, 11) is 1.10.